The van der Waals surface area contributed by atoms with Gasteiger partial charge in [-0.1, -0.05) is 30.3 Å². The van der Waals surface area contributed by atoms with Gasteiger partial charge in [0.05, 0.1) is 12.3 Å². The molecule has 2 aliphatic heterocycles. The van der Waals surface area contributed by atoms with Crippen molar-refractivity contribution in [3.63, 3.8) is 0 Å². The van der Waals surface area contributed by atoms with E-state index in [9.17, 15) is 0 Å². The molecule has 1 atom stereocenters. The Morgan fingerprint density at radius 2 is 1.96 bits per heavy atom. The zero-order chi connectivity index (χ0) is 18.3. The van der Waals surface area contributed by atoms with E-state index in [2.05, 4.69) is 56.2 Å². The van der Waals surface area contributed by atoms with E-state index in [-0.39, 0.29) is 0 Å². The molecule has 0 spiro atoms. The predicted octanol–water partition coefficient (Wildman–Crippen LogP) is 3.13. The molecule has 1 aromatic heterocycles. The summed E-state index contributed by atoms with van der Waals surface area (Å²) in [5.74, 6) is 1.52. The van der Waals surface area contributed by atoms with E-state index in [1.165, 1.54) is 37.9 Å². The Morgan fingerprint density at radius 3 is 2.81 bits per heavy atom. The Morgan fingerprint density at radius 1 is 1.04 bits per heavy atom. The van der Waals surface area contributed by atoms with E-state index in [0.717, 1.165) is 50.8 Å². The first kappa shape index (κ1) is 18.4. The number of ether oxygens (including phenoxy) is 1. The average molecular weight is 367 g/mol. The minimum absolute atomic E-state index is 0.438. The first-order valence-corrected chi connectivity index (χ1v) is 10.3. The van der Waals surface area contributed by atoms with Crippen LogP contribution in [0.2, 0.25) is 0 Å². The molecule has 0 N–H and O–H groups in total. The molecule has 27 heavy (non-hydrogen) atoms. The zero-order valence-electron chi connectivity index (χ0n) is 16.1. The number of hydrogen-bond acceptors (Lipinski definition) is 5. The van der Waals surface area contributed by atoms with Crippen LogP contribution in [0.4, 0.5) is 5.82 Å². The topological polar surface area (TPSA) is 41.5 Å². The van der Waals surface area contributed by atoms with E-state index in [1.807, 2.05) is 0 Å². The van der Waals surface area contributed by atoms with Gasteiger partial charge in [-0.15, -0.1) is 0 Å². The molecule has 1 aromatic carbocycles. The minimum Gasteiger partial charge on any atom is -0.381 e. The predicted molar refractivity (Wildman–Crippen MR) is 108 cm³/mol. The number of aromatic nitrogens is 2. The van der Waals surface area contributed by atoms with Crippen molar-refractivity contribution >= 4 is 5.82 Å². The summed E-state index contributed by atoms with van der Waals surface area (Å²) in [5.41, 5.74) is 2.58. The number of aryl methyl sites for hydroxylation is 1. The van der Waals surface area contributed by atoms with Crippen LogP contribution in [0.3, 0.4) is 0 Å². The molecular formula is C22H30N4O. The summed E-state index contributed by atoms with van der Waals surface area (Å²) in [5, 5.41) is 0. The Kier molecular flexibility index (Phi) is 6.32. The first-order valence-electron chi connectivity index (χ1n) is 10.3. The summed E-state index contributed by atoms with van der Waals surface area (Å²) in [6.45, 7) is 7.24. The molecule has 2 aromatic rings. The van der Waals surface area contributed by atoms with Crippen LogP contribution < -0.4 is 4.90 Å². The second-order valence-electron chi connectivity index (χ2n) is 7.63. The van der Waals surface area contributed by atoms with E-state index in [0.29, 0.717) is 5.92 Å². The van der Waals surface area contributed by atoms with Crippen LogP contribution >= 0.6 is 0 Å². The lowest BCUT2D eigenvalue weighted by molar-refractivity contribution is 0.193. The maximum absolute atomic E-state index is 5.52. The normalized spacial score (nSPS) is 21.3. The number of anilines is 1. The molecule has 2 fully saturated rings. The van der Waals surface area contributed by atoms with Crippen molar-refractivity contribution in [2.24, 2.45) is 0 Å². The second kappa shape index (κ2) is 9.29. The van der Waals surface area contributed by atoms with Crippen LogP contribution in [0.25, 0.3) is 0 Å². The van der Waals surface area contributed by atoms with E-state index in [4.69, 9.17) is 4.74 Å². The average Bonchev–Trinajstić information content (AvgIpc) is 3.16. The van der Waals surface area contributed by atoms with Gasteiger partial charge < -0.3 is 14.5 Å². The SMILES string of the molecule is c1ccc(CCCN2CCCN(c3cc([C@H]4CCOC4)ncn3)CC2)cc1. The summed E-state index contributed by atoms with van der Waals surface area (Å²) in [6.07, 6.45) is 6.39. The quantitative estimate of drug-likeness (QED) is 0.786. The first-order chi connectivity index (χ1) is 13.4. The van der Waals surface area contributed by atoms with Crippen LogP contribution in [0.15, 0.2) is 42.7 Å². The van der Waals surface area contributed by atoms with Gasteiger partial charge >= 0.3 is 0 Å². The highest BCUT2D eigenvalue weighted by atomic mass is 16.5. The molecule has 2 saturated heterocycles. The van der Waals surface area contributed by atoms with Crippen molar-refractivity contribution in [3.8, 4) is 0 Å². The molecule has 0 saturated carbocycles. The Hall–Kier alpha value is -1.98. The Balaban J connectivity index is 1.28. The molecule has 0 amide bonds. The fourth-order valence-electron chi connectivity index (χ4n) is 4.10. The molecule has 5 nitrogen and oxygen atoms in total. The third-order valence-electron chi connectivity index (χ3n) is 5.72. The Bertz CT molecular complexity index is 702. The van der Waals surface area contributed by atoms with Gasteiger partial charge in [-0.3, -0.25) is 0 Å². The number of hydrogen-bond donors (Lipinski definition) is 0. The monoisotopic (exact) mass is 366 g/mol. The van der Waals surface area contributed by atoms with Gasteiger partial charge in [0.1, 0.15) is 12.1 Å². The van der Waals surface area contributed by atoms with Crippen molar-refractivity contribution in [1.29, 1.82) is 0 Å². The van der Waals surface area contributed by atoms with Crippen molar-refractivity contribution in [2.45, 2.75) is 31.6 Å². The van der Waals surface area contributed by atoms with Crippen molar-refractivity contribution in [1.82, 2.24) is 14.9 Å². The molecule has 0 radical (unpaired) electrons. The molecular weight excluding hydrogens is 336 g/mol. The van der Waals surface area contributed by atoms with Gasteiger partial charge in [0.25, 0.3) is 0 Å². The van der Waals surface area contributed by atoms with Gasteiger partial charge in [0, 0.05) is 38.2 Å². The summed E-state index contributed by atoms with van der Waals surface area (Å²) in [4.78, 5) is 14.1. The molecule has 0 aliphatic carbocycles. The minimum atomic E-state index is 0.438. The van der Waals surface area contributed by atoms with Gasteiger partial charge in [-0.25, -0.2) is 9.97 Å². The summed E-state index contributed by atoms with van der Waals surface area (Å²) >= 11 is 0. The second-order valence-corrected chi connectivity index (χ2v) is 7.63. The van der Waals surface area contributed by atoms with Crippen LogP contribution in [-0.4, -0.2) is 60.8 Å². The number of nitrogens with zero attached hydrogens (tertiary/aromatic N) is 4. The maximum atomic E-state index is 5.52. The fraction of sp³-hybridized carbons (Fsp3) is 0.545. The van der Waals surface area contributed by atoms with E-state index < -0.39 is 0 Å². The largest absolute Gasteiger partial charge is 0.381 e. The molecule has 2 aliphatic rings. The van der Waals surface area contributed by atoms with Gasteiger partial charge in [-0.2, -0.15) is 0 Å². The van der Waals surface area contributed by atoms with Crippen LogP contribution in [0.5, 0.6) is 0 Å². The third kappa shape index (κ3) is 5.05. The highest BCUT2D eigenvalue weighted by molar-refractivity contribution is 5.40. The van der Waals surface area contributed by atoms with Gasteiger partial charge in [0.2, 0.25) is 0 Å². The van der Waals surface area contributed by atoms with E-state index >= 15 is 0 Å². The lowest BCUT2D eigenvalue weighted by atomic mass is 10.0. The molecule has 4 rings (SSSR count). The van der Waals surface area contributed by atoms with Crippen LogP contribution in [0, 0.1) is 0 Å². The summed E-state index contributed by atoms with van der Waals surface area (Å²) < 4.78 is 5.52. The maximum Gasteiger partial charge on any atom is 0.132 e. The van der Waals surface area contributed by atoms with Gasteiger partial charge in [0.15, 0.2) is 0 Å². The fourth-order valence-corrected chi connectivity index (χ4v) is 4.10. The number of rotatable bonds is 6. The molecule has 5 heteroatoms. The summed E-state index contributed by atoms with van der Waals surface area (Å²) in [7, 11) is 0. The lowest BCUT2D eigenvalue weighted by Gasteiger charge is -2.23. The third-order valence-corrected chi connectivity index (χ3v) is 5.72. The van der Waals surface area contributed by atoms with Crippen LogP contribution in [-0.2, 0) is 11.2 Å². The standard InChI is InChI=1S/C22H30N4O/c1-2-6-19(7-3-1)8-4-10-25-11-5-12-26(14-13-25)22-16-21(23-18-24-22)20-9-15-27-17-20/h1-3,6-7,16,18,20H,4-5,8-15,17H2/t20-/m0/s1. The highest BCUT2D eigenvalue weighted by Gasteiger charge is 2.21. The molecule has 0 unspecified atom stereocenters. The van der Waals surface area contributed by atoms with Crippen molar-refractivity contribution in [2.75, 3.05) is 50.8 Å². The Labute approximate surface area is 162 Å². The molecule has 0 bridgehead atoms. The van der Waals surface area contributed by atoms with E-state index in [1.54, 1.807) is 6.33 Å². The van der Waals surface area contributed by atoms with Crippen molar-refractivity contribution in [3.05, 3.63) is 54.0 Å². The molecule has 144 valence electrons. The van der Waals surface area contributed by atoms with Crippen molar-refractivity contribution < 1.29 is 4.74 Å². The molecule has 3 heterocycles. The number of benzene rings is 1. The smallest absolute Gasteiger partial charge is 0.132 e. The van der Waals surface area contributed by atoms with Crippen LogP contribution in [0.1, 0.15) is 36.4 Å². The highest BCUT2D eigenvalue weighted by Crippen LogP contribution is 2.25. The summed E-state index contributed by atoms with van der Waals surface area (Å²) in [6, 6.07) is 13.0. The van der Waals surface area contributed by atoms with Gasteiger partial charge in [-0.05, 0) is 44.3 Å². The zero-order valence-corrected chi connectivity index (χ0v) is 16.1. The lowest BCUT2D eigenvalue weighted by Crippen LogP contribution is -2.32.